The Balaban J connectivity index is 1.61. The Bertz CT molecular complexity index is 198. The Morgan fingerprint density at radius 3 is 2.56 bits per heavy atom. The molecule has 2 fully saturated rings. The molecule has 94 valence electrons. The van der Waals surface area contributed by atoms with Gasteiger partial charge in [0.05, 0.1) is 6.61 Å². The zero-order chi connectivity index (χ0) is 11.3. The van der Waals surface area contributed by atoms with Crippen molar-refractivity contribution in [3.8, 4) is 0 Å². The number of alkyl halides is 1. The quantitative estimate of drug-likeness (QED) is 0.551. The normalized spacial score (nSPS) is 25.3. The van der Waals surface area contributed by atoms with Crippen LogP contribution in [-0.4, -0.2) is 31.8 Å². The molecule has 2 aliphatic rings. The predicted octanol–water partition coefficient (Wildman–Crippen LogP) is 3.38. The fourth-order valence-corrected chi connectivity index (χ4v) is 3.16. The lowest BCUT2D eigenvalue weighted by molar-refractivity contribution is -0.0301. The smallest absolute Gasteiger partial charge is 0.0532 e. The van der Waals surface area contributed by atoms with Crippen LogP contribution in [0.1, 0.15) is 38.5 Å². The maximum absolute atomic E-state index is 5.89. The summed E-state index contributed by atoms with van der Waals surface area (Å²) in [5, 5.41) is 1.05. The Kier molecular flexibility index (Phi) is 5.11. The van der Waals surface area contributed by atoms with Gasteiger partial charge >= 0.3 is 0 Å². The van der Waals surface area contributed by atoms with Crippen LogP contribution in [0.2, 0.25) is 0 Å². The van der Waals surface area contributed by atoms with E-state index in [1.807, 2.05) is 0 Å². The molecule has 1 saturated carbocycles. The number of hydrogen-bond acceptors (Lipinski definition) is 2. The molecule has 1 aliphatic heterocycles. The summed E-state index contributed by atoms with van der Waals surface area (Å²) in [6.45, 7) is 3.67. The van der Waals surface area contributed by atoms with Crippen LogP contribution in [0.5, 0.6) is 0 Å². The van der Waals surface area contributed by atoms with Crippen molar-refractivity contribution in [1.29, 1.82) is 0 Å². The fraction of sp³-hybridized carbons (Fsp3) is 1.00. The lowest BCUT2D eigenvalue weighted by Crippen LogP contribution is -2.35. The SMILES string of the molecule is BrCC1(COCCC2CCC2)CCOCC1. The molecule has 0 bridgehead atoms. The van der Waals surface area contributed by atoms with E-state index >= 15 is 0 Å². The molecule has 0 aromatic heterocycles. The third kappa shape index (κ3) is 3.44. The number of rotatable bonds is 6. The third-order valence-corrected chi connectivity index (χ3v) is 5.33. The van der Waals surface area contributed by atoms with Gasteiger partial charge in [0.1, 0.15) is 0 Å². The molecule has 0 N–H and O–H groups in total. The summed E-state index contributed by atoms with van der Waals surface area (Å²) in [5.41, 5.74) is 0.345. The molecule has 0 aromatic carbocycles. The Morgan fingerprint density at radius 1 is 1.25 bits per heavy atom. The van der Waals surface area contributed by atoms with Crippen molar-refractivity contribution in [3.05, 3.63) is 0 Å². The van der Waals surface area contributed by atoms with Crippen molar-refractivity contribution in [3.63, 3.8) is 0 Å². The highest BCUT2D eigenvalue weighted by molar-refractivity contribution is 9.09. The van der Waals surface area contributed by atoms with Crippen LogP contribution in [0, 0.1) is 11.3 Å². The van der Waals surface area contributed by atoms with Gasteiger partial charge < -0.3 is 9.47 Å². The van der Waals surface area contributed by atoms with Crippen LogP contribution in [0.25, 0.3) is 0 Å². The van der Waals surface area contributed by atoms with E-state index in [1.165, 1.54) is 25.7 Å². The molecule has 0 unspecified atom stereocenters. The van der Waals surface area contributed by atoms with Crippen molar-refractivity contribution in [1.82, 2.24) is 0 Å². The summed E-state index contributed by atoms with van der Waals surface area (Å²) in [5.74, 6) is 0.967. The van der Waals surface area contributed by atoms with Crippen molar-refractivity contribution in [2.45, 2.75) is 38.5 Å². The Labute approximate surface area is 107 Å². The first-order valence-corrected chi connectivity index (χ1v) is 7.68. The monoisotopic (exact) mass is 290 g/mol. The van der Waals surface area contributed by atoms with Gasteiger partial charge in [0.15, 0.2) is 0 Å². The minimum atomic E-state index is 0.345. The van der Waals surface area contributed by atoms with E-state index in [9.17, 15) is 0 Å². The van der Waals surface area contributed by atoms with Crippen molar-refractivity contribution >= 4 is 15.9 Å². The van der Waals surface area contributed by atoms with Gasteiger partial charge in [-0.2, -0.15) is 0 Å². The van der Waals surface area contributed by atoms with Gasteiger partial charge in [-0.1, -0.05) is 35.2 Å². The van der Waals surface area contributed by atoms with Crippen molar-refractivity contribution in [2.75, 3.05) is 31.8 Å². The molecule has 16 heavy (non-hydrogen) atoms. The zero-order valence-electron chi connectivity index (χ0n) is 10.0. The standard InChI is InChI=1S/C13H23BrO2/c14-10-13(5-8-15-9-6-13)11-16-7-4-12-2-1-3-12/h12H,1-11H2. The van der Waals surface area contributed by atoms with E-state index in [0.717, 1.165) is 50.5 Å². The van der Waals surface area contributed by atoms with E-state index in [2.05, 4.69) is 15.9 Å². The second kappa shape index (κ2) is 6.36. The molecule has 0 radical (unpaired) electrons. The van der Waals surface area contributed by atoms with E-state index in [1.54, 1.807) is 0 Å². The molecule has 2 rings (SSSR count). The molecular formula is C13H23BrO2. The lowest BCUT2D eigenvalue weighted by Gasteiger charge is -2.35. The van der Waals surface area contributed by atoms with Crippen LogP contribution in [0.3, 0.4) is 0 Å². The number of hydrogen-bond donors (Lipinski definition) is 0. The average molecular weight is 291 g/mol. The largest absolute Gasteiger partial charge is 0.381 e. The number of ether oxygens (including phenoxy) is 2. The van der Waals surface area contributed by atoms with Crippen LogP contribution >= 0.6 is 15.9 Å². The molecule has 0 amide bonds. The van der Waals surface area contributed by atoms with Crippen molar-refractivity contribution in [2.24, 2.45) is 11.3 Å². The summed E-state index contributed by atoms with van der Waals surface area (Å²) in [4.78, 5) is 0. The minimum Gasteiger partial charge on any atom is -0.381 e. The first-order chi connectivity index (χ1) is 7.85. The van der Waals surface area contributed by atoms with Gasteiger partial charge in [0.25, 0.3) is 0 Å². The van der Waals surface area contributed by atoms with Crippen molar-refractivity contribution < 1.29 is 9.47 Å². The topological polar surface area (TPSA) is 18.5 Å². The van der Waals surface area contributed by atoms with Crippen LogP contribution in [-0.2, 0) is 9.47 Å². The molecule has 1 saturated heterocycles. The Morgan fingerprint density at radius 2 is 2.00 bits per heavy atom. The average Bonchev–Trinajstić information content (AvgIpc) is 2.28. The maximum Gasteiger partial charge on any atom is 0.0532 e. The summed E-state index contributed by atoms with van der Waals surface area (Å²) in [6, 6.07) is 0. The molecule has 0 aromatic rings. The van der Waals surface area contributed by atoms with Gasteiger partial charge in [-0.15, -0.1) is 0 Å². The number of halogens is 1. The first kappa shape index (κ1) is 12.8. The second-order valence-electron chi connectivity index (χ2n) is 5.38. The summed E-state index contributed by atoms with van der Waals surface area (Å²) >= 11 is 3.64. The van der Waals surface area contributed by atoms with Gasteiger partial charge in [-0.3, -0.25) is 0 Å². The maximum atomic E-state index is 5.89. The third-order valence-electron chi connectivity index (χ3n) is 4.14. The highest BCUT2D eigenvalue weighted by atomic mass is 79.9. The van der Waals surface area contributed by atoms with Crippen LogP contribution in [0.15, 0.2) is 0 Å². The van der Waals surface area contributed by atoms with Gasteiger partial charge in [-0.25, -0.2) is 0 Å². The highest BCUT2D eigenvalue weighted by Crippen LogP contribution is 2.33. The minimum absolute atomic E-state index is 0.345. The van der Waals surface area contributed by atoms with E-state index < -0.39 is 0 Å². The van der Waals surface area contributed by atoms with E-state index in [0.29, 0.717) is 5.41 Å². The van der Waals surface area contributed by atoms with E-state index in [-0.39, 0.29) is 0 Å². The molecule has 2 nitrogen and oxygen atoms in total. The summed E-state index contributed by atoms with van der Waals surface area (Å²) in [6.07, 6.45) is 7.85. The summed E-state index contributed by atoms with van der Waals surface area (Å²) in [7, 11) is 0. The van der Waals surface area contributed by atoms with E-state index in [4.69, 9.17) is 9.47 Å². The van der Waals surface area contributed by atoms with Crippen LogP contribution in [0.4, 0.5) is 0 Å². The predicted molar refractivity (Wildman–Crippen MR) is 69.1 cm³/mol. The lowest BCUT2D eigenvalue weighted by atomic mass is 9.82. The van der Waals surface area contributed by atoms with Gasteiger partial charge in [0, 0.05) is 30.6 Å². The molecule has 1 aliphatic carbocycles. The fourth-order valence-electron chi connectivity index (χ4n) is 2.44. The second-order valence-corrected chi connectivity index (χ2v) is 5.94. The first-order valence-electron chi connectivity index (χ1n) is 6.56. The highest BCUT2D eigenvalue weighted by Gasteiger charge is 2.31. The van der Waals surface area contributed by atoms with Crippen LogP contribution < -0.4 is 0 Å². The molecule has 0 atom stereocenters. The Hall–Kier alpha value is 0.400. The summed E-state index contributed by atoms with van der Waals surface area (Å²) < 4.78 is 11.3. The molecule has 3 heteroatoms. The zero-order valence-corrected chi connectivity index (χ0v) is 11.6. The molecular weight excluding hydrogens is 268 g/mol. The van der Waals surface area contributed by atoms with Gasteiger partial charge in [-0.05, 0) is 25.2 Å². The molecule has 0 spiro atoms. The van der Waals surface area contributed by atoms with Gasteiger partial charge in [0.2, 0.25) is 0 Å². The molecule has 1 heterocycles.